The number of hydrogen-bond donors (Lipinski definition) is 1. The molecule has 0 saturated carbocycles. The Hall–Kier alpha value is -2.89. The smallest absolute Gasteiger partial charge is 0.260 e. The van der Waals surface area contributed by atoms with E-state index in [1.165, 1.54) is 24.3 Å². The molecule has 2 amide bonds. The van der Waals surface area contributed by atoms with Crippen LogP contribution in [0.1, 0.15) is 43.5 Å². The fourth-order valence-electron chi connectivity index (χ4n) is 3.57. The number of benzene rings is 2. The van der Waals surface area contributed by atoms with Crippen LogP contribution in [0.4, 0.5) is 10.1 Å². The summed E-state index contributed by atoms with van der Waals surface area (Å²) in [7, 11) is 0. The standard InChI is InChI=1S/C22H25FN2O3/c1-15-4-3-5-16(2)25(15)21(26)14-28-20-12-6-17(7-13-20)22(27)24-19-10-8-18(23)9-11-19/h6-13,15-16H,3-5,14H2,1-2H3,(H,24,27). The fourth-order valence-corrected chi connectivity index (χ4v) is 3.57. The van der Waals surface area contributed by atoms with E-state index in [9.17, 15) is 14.0 Å². The number of ether oxygens (including phenoxy) is 1. The highest BCUT2D eigenvalue weighted by Gasteiger charge is 2.28. The first-order valence-electron chi connectivity index (χ1n) is 9.55. The van der Waals surface area contributed by atoms with Gasteiger partial charge in [-0.15, -0.1) is 0 Å². The van der Waals surface area contributed by atoms with Crippen LogP contribution in [0.25, 0.3) is 0 Å². The number of carbonyl (C=O) groups excluding carboxylic acids is 2. The maximum atomic E-state index is 12.9. The minimum Gasteiger partial charge on any atom is -0.484 e. The van der Waals surface area contributed by atoms with Crippen molar-refractivity contribution in [3.63, 3.8) is 0 Å². The summed E-state index contributed by atoms with van der Waals surface area (Å²) >= 11 is 0. The summed E-state index contributed by atoms with van der Waals surface area (Å²) in [5.74, 6) is -0.144. The molecule has 2 atom stereocenters. The lowest BCUT2D eigenvalue weighted by Gasteiger charge is -2.38. The van der Waals surface area contributed by atoms with Gasteiger partial charge in [0.25, 0.3) is 11.8 Å². The molecule has 0 bridgehead atoms. The highest BCUT2D eigenvalue weighted by molar-refractivity contribution is 6.04. The molecule has 1 aliphatic heterocycles. The van der Waals surface area contributed by atoms with Gasteiger partial charge in [-0.2, -0.15) is 0 Å². The highest BCUT2D eigenvalue weighted by atomic mass is 19.1. The normalized spacial score (nSPS) is 19.2. The van der Waals surface area contributed by atoms with Crippen molar-refractivity contribution < 1.29 is 18.7 Å². The first kappa shape index (κ1) is 19.9. The van der Waals surface area contributed by atoms with Crippen molar-refractivity contribution in [1.82, 2.24) is 4.90 Å². The molecule has 28 heavy (non-hydrogen) atoms. The molecule has 2 aromatic rings. The molecule has 0 aromatic heterocycles. The molecular formula is C22H25FN2O3. The molecule has 5 nitrogen and oxygen atoms in total. The number of piperidine rings is 1. The van der Waals surface area contributed by atoms with Crippen molar-refractivity contribution in [2.45, 2.75) is 45.2 Å². The number of anilines is 1. The number of nitrogens with one attached hydrogen (secondary N) is 1. The van der Waals surface area contributed by atoms with Crippen LogP contribution in [-0.4, -0.2) is 35.4 Å². The molecule has 1 heterocycles. The van der Waals surface area contributed by atoms with Gasteiger partial charge in [-0.3, -0.25) is 9.59 Å². The molecule has 1 saturated heterocycles. The second kappa shape index (κ2) is 8.87. The van der Waals surface area contributed by atoms with Gasteiger partial charge in [0.2, 0.25) is 0 Å². The molecule has 1 aliphatic rings. The Morgan fingerprint density at radius 3 is 2.25 bits per heavy atom. The second-order valence-electron chi connectivity index (χ2n) is 7.20. The van der Waals surface area contributed by atoms with E-state index in [-0.39, 0.29) is 36.3 Å². The van der Waals surface area contributed by atoms with E-state index in [2.05, 4.69) is 19.2 Å². The zero-order valence-corrected chi connectivity index (χ0v) is 16.2. The summed E-state index contributed by atoms with van der Waals surface area (Å²) in [6, 6.07) is 12.6. The van der Waals surface area contributed by atoms with Crippen molar-refractivity contribution in [1.29, 1.82) is 0 Å². The van der Waals surface area contributed by atoms with Crippen LogP contribution in [0, 0.1) is 5.82 Å². The minimum atomic E-state index is -0.359. The molecule has 0 spiro atoms. The molecule has 1 N–H and O–H groups in total. The Bertz CT molecular complexity index is 811. The van der Waals surface area contributed by atoms with E-state index in [1.54, 1.807) is 24.3 Å². The van der Waals surface area contributed by atoms with Crippen molar-refractivity contribution in [3.8, 4) is 5.75 Å². The SMILES string of the molecule is CC1CCCC(C)N1C(=O)COc1ccc(C(=O)Nc2ccc(F)cc2)cc1. The molecule has 1 fully saturated rings. The van der Waals surface area contributed by atoms with Gasteiger partial charge in [0, 0.05) is 23.3 Å². The van der Waals surface area contributed by atoms with Crippen LogP contribution in [0.2, 0.25) is 0 Å². The lowest BCUT2D eigenvalue weighted by Crippen LogP contribution is -2.49. The van der Waals surface area contributed by atoms with Crippen LogP contribution < -0.4 is 10.1 Å². The number of hydrogen-bond acceptors (Lipinski definition) is 3. The van der Waals surface area contributed by atoms with Gasteiger partial charge in [0.15, 0.2) is 6.61 Å². The van der Waals surface area contributed by atoms with Crippen molar-refractivity contribution in [3.05, 3.63) is 59.9 Å². The van der Waals surface area contributed by atoms with Gasteiger partial charge < -0.3 is 15.0 Å². The van der Waals surface area contributed by atoms with Gasteiger partial charge in [-0.1, -0.05) is 0 Å². The summed E-state index contributed by atoms with van der Waals surface area (Å²) in [5, 5.41) is 2.70. The van der Waals surface area contributed by atoms with Crippen molar-refractivity contribution in [2.75, 3.05) is 11.9 Å². The first-order chi connectivity index (χ1) is 13.4. The predicted molar refractivity (Wildman–Crippen MR) is 106 cm³/mol. The lowest BCUT2D eigenvalue weighted by atomic mass is 9.97. The van der Waals surface area contributed by atoms with Crippen molar-refractivity contribution in [2.24, 2.45) is 0 Å². The highest BCUT2D eigenvalue weighted by Crippen LogP contribution is 2.23. The minimum absolute atomic E-state index is 0.0159. The van der Waals surface area contributed by atoms with Crippen molar-refractivity contribution >= 4 is 17.5 Å². The zero-order valence-electron chi connectivity index (χ0n) is 16.2. The largest absolute Gasteiger partial charge is 0.484 e. The summed E-state index contributed by atoms with van der Waals surface area (Å²) in [6.45, 7) is 4.12. The first-order valence-corrected chi connectivity index (χ1v) is 9.55. The summed E-state index contributed by atoms with van der Waals surface area (Å²) in [6.07, 6.45) is 3.19. The van der Waals surface area contributed by atoms with Gasteiger partial charge >= 0.3 is 0 Å². The van der Waals surface area contributed by atoms with Gasteiger partial charge in [-0.25, -0.2) is 4.39 Å². The average Bonchev–Trinajstić information content (AvgIpc) is 2.68. The number of nitrogens with zero attached hydrogens (tertiary/aromatic N) is 1. The monoisotopic (exact) mass is 384 g/mol. The Balaban J connectivity index is 1.54. The molecule has 6 heteroatoms. The molecule has 0 aliphatic carbocycles. The van der Waals surface area contributed by atoms with E-state index < -0.39 is 0 Å². The van der Waals surface area contributed by atoms with E-state index >= 15 is 0 Å². The number of halogens is 1. The van der Waals surface area contributed by atoms with Crippen LogP contribution in [0.5, 0.6) is 5.75 Å². The Morgan fingerprint density at radius 1 is 1.04 bits per heavy atom. The third-order valence-electron chi connectivity index (χ3n) is 5.06. The predicted octanol–water partition coefficient (Wildman–Crippen LogP) is 4.25. The Kier molecular flexibility index (Phi) is 6.29. The molecule has 0 radical (unpaired) electrons. The van der Waals surface area contributed by atoms with E-state index in [0.717, 1.165) is 19.3 Å². The topological polar surface area (TPSA) is 58.6 Å². The molecular weight excluding hydrogens is 359 g/mol. The molecule has 148 valence electrons. The Morgan fingerprint density at radius 2 is 1.64 bits per heavy atom. The third-order valence-corrected chi connectivity index (χ3v) is 5.06. The van der Waals surface area contributed by atoms with E-state index in [0.29, 0.717) is 17.0 Å². The second-order valence-corrected chi connectivity index (χ2v) is 7.20. The summed E-state index contributed by atoms with van der Waals surface area (Å²) < 4.78 is 18.5. The third kappa shape index (κ3) is 4.88. The van der Waals surface area contributed by atoms with Gasteiger partial charge in [0.05, 0.1) is 0 Å². The van der Waals surface area contributed by atoms with Crippen LogP contribution in [0.15, 0.2) is 48.5 Å². The summed E-state index contributed by atoms with van der Waals surface area (Å²) in [5.41, 5.74) is 0.961. The Labute approximate surface area is 164 Å². The van der Waals surface area contributed by atoms with Gasteiger partial charge in [-0.05, 0) is 81.6 Å². The van der Waals surface area contributed by atoms with E-state index in [4.69, 9.17) is 4.74 Å². The molecule has 3 rings (SSSR count). The number of rotatable bonds is 5. The lowest BCUT2D eigenvalue weighted by molar-refractivity contribution is -0.139. The van der Waals surface area contributed by atoms with Gasteiger partial charge in [0.1, 0.15) is 11.6 Å². The van der Waals surface area contributed by atoms with Crippen LogP contribution in [-0.2, 0) is 4.79 Å². The summed E-state index contributed by atoms with van der Waals surface area (Å²) in [4.78, 5) is 26.7. The van der Waals surface area contributed by atoms with E-state index in [1.807, 2.05) is 4.90 Å². The van der Waals surface area contributed by atoms with Crippen LogP contribution in [0.3, 0.4) is 0 Å². The average molecular weight is 384 g/mol. The van der Waals surface area contributed by atoms with Crippen LogP contribution >= 0.6 is 0 Å². The number of likely N-dealkylation sites (tertiary alicyclic amines) is 1. The number of carbonyl (C=O) groups is 2. The zero-order chi connectivity index (χ0) is 20.1. The maximum Gasteiger partial charge on any atom is 0.260 e. The number of amides is 2. The quantitative estimate of drug-likeness (QED) is 0.839. The fraction of sp³-hybridized carbons (Fsp3) is 0.364. The molecule has 2 aromatic carbocycles. The maximum absolute atomic E-state index is 12.9. The molecule has 2 unspecified atom stereocenters.